The summed E-state index contributed by atoms with van der Waals surface area (Å²) in [6, 6.07) is 5.07. The molecule has 312 valence electrons. The van der Waals surface area contributed by atoms with Crippen LogP contribution in [0.2, 0.25) is 0 Å². The third-order valence-electron chi connectivity index (χ3n) is 11.9. The number of rotatable bonds is 9. The lowest BCUT2D eigenvalue weighted by Crippen LogP contribution is -2.58. The second-order valence-corrected chi connectivity index (χ2v) is 15.7. The molecule has 0 unspecified atom stereocenters. The van der Waals surface area contributed by atoms with Crippen molar-refractivity contribution < 1.29 is 72.8 Å². The number of aliphatic hydroxyl groups is 2. The minimum absolute atomic E-state index is 0.0173. The summed E-state index contributed by atoms with van der Waals surface area (Å²) >= 11 is 0. The molecule has 2 aromatic carbocycles. The van der Waals surface area contributed by atoms with E-state index in [2.05, 4.69) is 6.58 Å². The number of carbonyl (C=O) groups excluding carboxylic acids is 4. The number of phenolic OH excluding ortho intramolecular Hbond substituents is 2. The number of nitrogens with zero attached hydrogens (tertiary/aromatic N) is 1. The Morgan fingerprint density at radius 3 is 2.29 bits per heavy atom. The maximum absolute atomic E-state index is 13.9. The van der Waals surface area contributed by atoms with Crippen LogP contribution >= 0.6 is 0 Å². The van der Waals surface area contributed by atoms with Gasteiger partial charge in [0.15, 0.2) is 24.1 Å². The van der Waals surface area contributed by atoms with Crippen molar-refractivity contribution in [2.45, 2.75) is 120 Å². The van der Waals surface area contributed by atoms with Crippen LogP contribution < -0.4 is 0 Å². The summed E-state index contributed by atoms with van der Waals surface area (Å²) in [6.07, 6.45) is -4.72. The fourth-order valence-corrected chi connectivity index (χ4v) is 8.89. The van der Waals surface area contributed by atoms with Crippen LogP contribution in [-0.2, 0) is 42.7 Å². The van der Waals surface area contributed by atoms with Crippen LogP contribution in [0.5, 0.6) is 11.5 Å². The number of esters is 1. The standard InChI is InChI=1S/C42H49NO15/c1-8-42(51)17-28(33-22(35(42)41(50)52-7)14-23-34(38(33)49)37(48)32-21(36(23)47)10-9-11-26(32)45)56-30-15-24(43(5)6)39(19(3)54-30)58-31-16-27(46)40(20(4)55-31)57-29-13-12-25(44)18(2)53-29/h9-14,19-20,24,27-31,35,39-40,45-46,49,51H,2,8,15-17H2,1,3-7H3/t19-,20-,24-,27-,28-,29-,30-,31-,35-,39+,40+,42+/m0/s1. The lowest BCUT2D eigenvalue weighted by molar-refractivity contribution is -0.318. The van der Waals surface area contributed by atoms with Crippen molar-refractivity contribution in [3.63, 3.8) is 0 Å². The molecule has 2 saturated heterocycles. The Morgan fingerprint density at radius 2 is 1.66 bits per heavy atom. The first-order valence-corrected chi connectivity index (χ1v) is 19.3. The van der Waals surface area contributed by atoms with Gasteiger partial charge in [0.1, 0.15) is 29.6 Å². The third-order valence-corrected chi connectivity index (χ3v) is 11.9. The Balaban J connectivity index is 1.14. The van der Waals surface area contributed by atoms with Gasteiger partial charge in [0.05, 0.1) is 48.3 Å². The van der Waals surface area contributed by atoms with Crippen LogP contribution in [0.4, 0.5) is 0 Å². The minimum Gasteiger partial charge on any atom is -0.507 e. The van der Waals surface area contributed by atoms with E-state index < -0.39 is 96.0 Å². The van der Waals surface area contributed by atoms with Crippen LogP contribution in [-0.4, -0.2) is 131 Å². The normalized spacial score (nSPS) is 34.6. The molecule has 0 saturated carbocycles. The fourth-order valence-electron chi connectivity index (χ4n) is 8.89. The number of fused-ring (bicyclic) bond motifs is 3. The molecule has 4 N–H and O–H groups in total. The Hall–Kier alpha value is -4.52. The largest absolute Gasteiger partial charge is 0.507 e. The van der Waals surface area contributed by atoms with Crippen LogP contribution in [0, 0.1) is 0 Å². The van der Waals surface area contributed by atoms with Gasteiger partial charge in [0, 0.05) is 42.0 Å². The Bertz CT molecular complexity index is 2030. The van der Waals surface area contributed by atoms with Crippen LogP contribution in [0.15, 0.2) is 48.8 Å². The molecule has 0 amide bonds. The van der Waals surface area contributed by atoms with Crippen LogP contribution in [0.1, 0.15) is 101 Å². The van der Waals surface area contributed by atoms with Crippen molar-refractivity contribution in [2.24, 2.45) is 0 Å². The molecule has 16 heteroatoms. The van der Waals surface area contributed by atoms with Gasteiger partial charge in [-0.3, -0.25) is 19.2 Å². The van der Waals surface area contributed by atoms with E-state index in [1.165, 1.54) is 43.5 Å². The molecule has 2 fully saturated rings. The highest BCUT2D eigenvalue weighted by Crippen LogP contribution is 2.54. The molecule has 5 aliphatic rings. The van der Waals surface area contributed by atoms with Gasteiger partial charge in [-0.2, -0.15) is 0 Å². The number of methoxy groups -OCH3 is 1. The van der Waals surface area contributed by atoms with E-state index in [1.807, 2.05) is 19.0 Å². The second-order valence-electron chi connectivity index (χ2n) is 15.7. The zero-order valence-electron chi connectivity index (χ0n) is 33.1. The van der Waals surface area contributed by atoms with Gasteiger partial charge >= 0.3 is 5.97 Å². The summed E-state index contributed by atoms with van der Waals surface area (Å²) in [5.74, 6) is -5.07. The van der Waals surface area contributed by atoms with E-state index in [-0.39, 0.29) is 76.6 Å². The maximum atomic E-state index is 13.9. The van der Waals surface area contributed by atoms with Crippen molar-refractivity contribution in [1.29, 1.82) is 0 Å². The van der Waals surface area contributed by atoms with Crippen molar-refractivity contribution in [1.82, 2.24) is 4.90 Å². The molecule has 0 bridgehead atoms. The zero-order chi connectivity index (χ0) is 42.0. The summed E-state index contributed by atoms with van der Waals surface area (Å²) in [4.78, 5) is 54.8. The number of hydrogen-bond acceptors (Lipinski definition) is 16. The van der Waals surface area contributed by atoms with Gasteiger partial charge in [-0.1, -0.05) is 25.6 Å². The van der Waals surface area contributed by atoms with Crippen molar-refractivity contribution >= 4 is 23.3 Å². The first-order valence-electron chi connectivity index (χ1n) is 19.3. The summed E-state index contributed by atoms with van der Waals surface area (Å²) in [6.45, 7) is 8.78. The SMILES string of the molecule is C=C1O[C@@H](O[C@@H]2[C@H](C)O[C@@H](O[C@@H]3[C@H](C)O[C@@H](O[C@H]4C[C@](O)(CC)[C@H](C(=O)OC)c5cc6c(c(O)c54)C(=O)c4c(O)cccc4C6=O)C[C@@H]3N(C)C)C[C@@H]2O)C=CC1=O. The van der Waals surface area contributed by atoms with E-state index in [1.54, 1.807) is 20.8 Å². The van der Waals surface area contributed by atoms with Crippen LogP contribution in [0.3, 0.4) is 0 Å². The quantitative estimate of drug-likeness (QED) is 0.181. The number of aromatic hydroxyl groups is 2. The molecular formula is C42H49NO15. The number of phenols is 2. The molecule has 58 heavy (non-hydrogen) atoms. The monoisotopic (exact) mass is 807 g/mol. The van der Waals surface area contributed by atoms with Gasteiger partial charge < -0.3 is 58.5 Å². The Morgan fingerprint density at radius 1 is 0.966 bits per heavy atom. The van der Waals surface area contributed by atoms with E-state index in [0.717, 1.165) is 0 Å². The molecule has 0 radical (unpaired) electrons. The first-order chi connectivity index (χ1) is 27.5. The summed E-state index contributed by atoms with van der Waals surface area (Å²) < 4.78 is 42.1. The molecule has 7 rings (SSSR count). The highest BCUT2D eigenvalue weighted by atomic mass is 16.7. The summed E-state index contributed by atoms with van der Waals surface area (Å²) in [5, 5.41) is 45.8. The van der Waals surface area contributed by atoms with Crippen molar-refractivity contribution in [2.75, 3.05) is 21.2 Å². The number of allylic oxidation sites excluding steroid dienone is 1. The van der Waals surface area contributed by atoms with Gasteiger partial charge in [0.25, 0.3) is 0 Å². The maximum Gasteiger partial charge on any atom is 0.316 e. The van der Waals surface area contributed by atoms with Crippen molar-refractivity contribution in [3.8, 4) is 11.5 Å². The van der Waals surface area contributed by atoms with Gasteiger partial charge in [0.2, 0.25) is 17.9 Å². The Kier molecular flexibility index (Phi) is 11.4. The van der Waals surface area contributed by atoms with Gasteiger partial charge in [-0.15, -0.1) is 0 Å². The predicted octanol–water partition coefficient (Wildman–Crippen LogP) is 3.06. The third kappa shape index (κ3) is 7.25. The molecule has 3 aliphatic heterocycles. The predicted molar refractivity (Wildman–Crippen MR) is 201 cm³/mol. The molecular weight excluding hydrogens is 758 g/mol. The highest BCUT2D eigenvalue weighted by Gasteiger charge is 2.53. The molecule has 16 nitrogen and oxygen atoms in total. The molecule has 3 heterocycles. The molecule has 0 aromatic heterocycles. The second kappa shape index (κ2) is 15.9. The number of hydrogen-bond donors (Lipinski definition) is 4. The van der Waals surface area contributed by atoms with Gasteiger partial charge in [-0.25, -0.2) is 0 Å². The average molecular weight is 808 g/mol. The number of ketones is 3. The lowest BCUT2D eigenvalue weighted by atomic mass is 9.67. The molecule has 2 aliphatic carbocycles. The molecule has 12 atom stereocenters. The minimum atomic E-state index is -1.77. The van der Waals surface area contributed by atoms with E-state index in [4.69, 9.17) is 33.2 Å². The molecule has 2 aromatic rings. The number of aliphatic hydroxyl groups excluding tert-OH is 1. The Labute approximate surface area is 334 Å². The van der Waals surface area contributed by atoms with Crippen LogP contribution in [0.25, 0.3) is 0 Å². The highest BCUT2D eigenvalue weighted by molar-refractivity contribution is 6.30. The number of benzene rings is 2. The fraction of sp³-hybridized carbons (Fsp3) is 0.524. The number of ether oxygens (including phenoxy) is 7. The smallest absolute Gasteiger partial charge is 0.316 e. The van der Waals surface area contributed by atoms with Gasteiger partial charge in [-0.05, 0) is 64.2 Å². The first kappa shape index (κ1) is 41.6. The van der Waals surface area contributed by atoms with E-state index >= 15 is 0 Å². The number of carbonyl (C=O) groups is 4. The number of likely N-dealkylation sites (N-methyl/N-ethyl adjacent to an activating group) is 1. The average Bonchev–Trinajstić information content (AvgIpc) is 3.17. The van der Waals surface area contributed by atoms with E-state index in [0.29, 0.717) is 0 Å². The van der Waals surface area contributed by atoms with Crippen molar-refractivity contribution in [3.05, 3.63) is 82.1 Å². The molecule has 0 spiro atoms. The topological polar surface area (TPSA) is 217 Å². The summed E-state index contributed by atoms with van der Waals surface area (Å²) in [7, 11) is 4.88. The lowest BCUT2D eigenvalue weighted by Gasteiger charge is -2.48. The summed E-state index contributed by atoms with van der Waals surface area (Å²) in [5.41, 5.74) is -2.54. The zero-order valence-corrected chi connectivity index (χ0v) is 33.1. The van der Waals surface area contributed by atoms with E-state index in [9.17, 15) is 39.6 Å².